The molecule has 4 rings (SSSR count). The minimum atomic E-state index is -0.444. The van der Waals surface area contributed by atoms with Crippen molar-refractivity contribution in [3.05, 3.63) is 106 Å². The Morgan fingerprint density at radius 2 is 1.15 bits per heavy atom. The first-order chi connectivity index (χ1) is 22.8. The van der Waals surface area contributed by atoms with E-state index in [9.17, 15) is 50.4 Å². The summed E-state index contributed by atoms with van der Waals surface area (Å²) in [6.45, 7) is 2.69. The van der Waals surface area contributed by atoms with E-state index in [1.54, 1.807) is 13.8 Å². The minimum Gasteiger partial charge on any atom is -0.508 e. The van der Waals surface area contributed by atoms with Gasteiger partial charge < -0.3 is 51.5 Å². The molecule has 14 nitrogen and oxygen atoms in total. The van der Waals surface area contributed by atoms with Crippen LogP contribution in [0.1, 0.15) is 44.8 Å². The predicted octanol–water partition coefficient (Wildman–Crippen LogP) is 2.66. The molecule has 0 radical (unpaired) electrons. The second kappa shape index (κ2) is 17.0. The quantitative estimate of drug-likeness (QED) is 0.110. The molecular formula is C34H36N4O10. The lowest BCUT2D eigenvalue weighted by atomic mass is 10.1. The highest BCUT2D eigenvalue weighted by atomic mass is 16.3. The predicted molar refractivity (Wildman–Crippen MR) is 174 cm³/mol. The molecule has 0 saturated heterocycles. The number of aliphatic hydroxyl groups is 2. The molecule has 0 bridgehead atoms. The molecule has 0 aliphatic carbocycles. The molecule has 10 N–H and O–H groups in total. The highest BCUT2D eigenvalue weighted by Crippen LogP contribution is 2.26. The van der Waals surface area contributed by atoms with Crippen molar-refractivity contribution in [3.63, 3.8) is 0 Å². The number of pyridine rings is 2. The van der Waals surface area contributed by atoms with Gasteiger partial charge in [-0.15, -0.1) is 0 Å². The normalized spacial score (nSPS) is 10.9. The third kappa shape index (κ3) is 10.2. The van der Waals surface area contributed by atoms with Gasteiger partial charge >= 0.3 is 0 Å². The number of hydrogen-bond donors (Lipinski definition) is 10. The molecule has 2 aromatic carbocycles. The number of hydrogen-bond acceptors (Lipinski definition) is 12. The number of phenolic OH excluding ortho intramolecular Hbond substituents is 4. The number of phenols is 4. The van der Waals surface area contributed by atoms with Gasteiger partial charge in [0.05, 0.1) is 24.6 Å². The first kappa shape index (κ1) is 36.3. The maximum Gasteiger partial charge on any atom is 0.244 e. The van der Waals surface area contributed by atoms with E-state index in [1.807, 2.05) is 0 Å². The number of rotatable bonds is 10. The molecule has 0 fully saturated rings. The van der Waals surface area contributed by atoms with Crippen LogP contribution < -0.4 is 10.6 Å². The van der Waals surface area contributed by atoms with Gasteiger partial charge in [0.1, 0.15) is 34.5 Å². The standard InChI is InChI=1S/2C17H18N2O5/c1-10-17(24)14(12(9-20)7-18-10)8-19-16(23)5-3-11-2-4-13(21)6-15(11)22;1-10-17(24)15(12(9-20)7-18-10)8-19-16(23)3-2-11-4-13(21)6-14(22)5-11/h2*2-7,20-22,24H,8-9H2,1H3,(H,19,23). The first-order valence-electron chi connectivity index (χ1n) is 14.3. The van der Waals surface area contributed by atoms with Crippen LogP contribution in [0, 0.1) is 13.8 Å². The summed E-state index contributed by atoms with van der Waals surface area (Å²) in [5, 5.41) is 81.3. The highest BCUT2D eigenvalue weighted by Gasteiger charge is 2.13. The number of aromatic nitrogens is 2. The minimum absolute atomic E-state index is 0.0236. The maximum atomic E-state index is 11.9. The molecule has 0 aliphatic rings. The Kier molecular flexibility index (Phi) is 12.9. The average Bonchev–Trinajstić information content (AvgIpc) is 3.04. The maximum absolute atomic E-state index is 11.9. The molecule has 2 heterocycles. The summed E-state index contributed by atoms with van der Waals surface area (Å²) in [5.41, 5.74) is 3.31. The van der Waals surface area contributed by atoms with Crippen molar-refractivity contribution in [3.8, 4) is 34.5 Å². The fourth-order valence-electron chi connectivity index (χ4n) is 4.23. The largest absolute Gasteiger partial charge is 0.508 e. The van der Waals surface area contributed by atoms with Crippen molar-refractivity contribution in [2.75, 3.05) is 0 Å². The van der Waals surface area contributed by atoms with Crippen LogP contribution in [0.5, 0.6) is 34.5 Å². The van der Waals surface area contributed by atoms with Crippen LogP contribution in [-0.4, -0.2) is 62.6 Å². The monoisotopic (exact) mass is 660 g/mol. The van der Waals surface area contributed by atoms with E-state index >= 15 is 0 Å². The van der Waals surface area contributed by atoms with E-state index in [1.165, 1.54) is 73.1 Å². The lowest BCUT2D eigenvalue weighted by Gasteiger charge is -2.11. The van der Waals surface area contributed by atoms with Gasteiger partial charge in [-0.1, -0.05) is 0 Å². The Balaban J connectivity index is 0.000000260. The summed E-state index contributed by atoms with van der Waals surface area (Å²) < 4.78 is 0. The Morgan fingerprint density at radius 1 is 0.667 bits per heavy atom. The highest BCUT2D eigenvalue weighted by molar-refractivity contribution is 5.92. The summed E-state index contributed by atoms with van der Waals surface area (Å²) >= 11 is 0. The average molecular weight is 661 g/mol. The van der Waals surface area contributed by atoms with Gasteiger partial charge in [-0.3, -0.25) is 19.6 Å². The van der Waals surface area contributed by atoms with Gasteiger partial charge in [0.2, 0.25) is 11.8 Å². The van der Waals surface area contributed by atoms with Crippen LogP contribution in [0.15, 0.2) is 60.9 Å². The Hall–Kier alpha value is -6.12. The molecule has 0 unspecified atom stereocenters. The van der Waals surface area contributed by atoms with Crippen molar-refractivity contribution in [1.82, 2.24) is 20.6 Å². The number of nitrogens with zero attached hydrogens (tertiary/aromatic N) is 2. The molecule has 0 saturated carbocycles. The van der Waals surface area contributed by atoms with Gasteiger partial charge in [0.15, 0.2) is 0 Å². The molecular weight excluding hydrogens is 624 g/mol. The first-order valence-corrected chi connectivity index (χ1v) is 14.3. The zero-order chi connectivity index (χ0) is 35.4. The smallest absolute Gasteiger partial charge is 0.244 e. The van der Waals surface area contributed by atoms with Crippen LogP contribution in [0.25, 0.3) is 12.2 Å². The van der Waals surface area contributed by atoms with Crippen molar-refractivity contribution < 1.29 is 50.4 Å². The zero-order valence-corrected chi connectivity index (χ0v) is 26.0. The third-order valence-corrected chi connectivity index (χ3v) is 6.86. The summed E-state index contributed by atoms with van der Waals surface area (Å²) in [6.07, 6.45) is 8.17. The van der Waals surface area contributed by atoms with Gasteiger partial charge in [0, 0.05) is 77.6 Å². The molecule has 252 valence electrons. The van der Waals surface area contributed by atoms with Gasteiger partial charge in [-0.25, -0.2) is 0 Å². The van der Waals surface area contributed by atoms with Crippen LogP contribution in [0.4, 0.5) is 0 Å². The second-order valence-electron chi connectivity index (χ2n) is 10.3. The van der Waals surface area contributed by atoms with Crippen LogP contribution in [0.3, 0.4) is 0 Å². The van der Waals surface area contributed by atoms with Crippen LogP contribution in [-0.2, 0) is 35.9 Å². The van der Waals surface area contributed by atoms with Crippen molar-refractivity contribution in [1.29, 1.82) is 0 Å². The second-order valence-corrected chi connectivity index (χ2v) is 10.3. The Labute approximate surface area is 275 Å². The van der Waals surface area contributed by atoms with E-state index < -0.39 is 11.8 Å². The van der Waals surface area contributed by atoms with Gasteiger partial charge in [0.25, 0.3) is 0 Å². The number of aryl methyl sites for hydroxylation is 2. The molecule has 0 aliphatic heterocycles. The third-order valence-electron chi connectivity index (χ3n) is 6.86. The summed E-state index contributed by atoms with van der Waals surface area (Å²) in [5.74, 6) is -1.46. The molecule has 0 atom stereocenters. The topological polar surface area (TPSA) is 246 Å². The molecule has 2 amide bonds. The van der Waals surface area contributed by atoms with Crippen LogP contribution in [0.2, 0.25) is 0 Å². The fraction of sp³-hybridized carbons (Fsp3) is 0.176. The number of aromatic hydroxyl groups is 6. The summed E-state index contributed by atoms with van der Waals surface area (Å²) in [4.78, 5) is 31.6. The Morgan fingerprint density at radius 3 is 1.60 bits per heavy atom. The van der Waals surface area contributed by atoms with Crippen molar-refractivity contribution >= 4 is 24.0 Å². The lowest BCUT2D eigenvalue weighted by Crippen LogP contribution is -2.21. The van der Waals surface area contributed by atoms with Crippen molar-refractivity contribution in [2.45, 2.75) is 40.2 Å². The van der Waals surface area contributed by atoms with E-state index in [4.69, 9.17) is 0 Å². The van der Waals surface area contributed by atoms with Gasteiger partial charge in [-0.2, -0.15) is 0 Å². The Bertz CT molecular complexity index is 1820. The SMILES string of the molecule is Cc1ncc(CO)c(CNC(=O)C=Cc2cc(O)cc(O)c2)c1O.Cc1ncc(CO)c(CNC(=O)C=Cc2ccc(O)cc2O)c1O. The molecule has 14 heteroatoms. The van der Waals surface area contributed by atoms with Crippen LogP contribution >= 0.6 is 0 Å². The summed E-state index contributed by atoms with van der Waals surface area (Å²) in [6, 6.07) is 8.00. The fourth-order valence-corrected chi connectivity index (χ4v) is 4.23. The number of amides is 2. The number of benzene rings is 2. The van der Waals surface area contributed by atoms with Gasteiger partial charge in [-0.05, 0) is 55.8 Å². The van der Waals surface area contributed by atoms with E-state index in [0.29, 0.717) is 44.8 Å². The number of aliphatic hydroxyl groups excluding tert-OH is 2. The lowest BCUT2D eigenvalue weighted by molar-refractivity contribution is -0.117. The number of carbonyl (C=O) groups is 2. The molecule has 4 aromatic rings. The van der Waals surface area contributed by atoms with Crippen molar-refractivity contribution in [2.24, 2.45) is 0 Å². The number of nitrogens with one attached hydrogen (secondary N) is 2. The zero-order valence-electron chi connectivity index (χ0n) is 26.0. The van der Waals surface area contributed by atoms with E-state index in [2.05, 4.69) is 20.6 Å². The molecule has 0 spiro atoms. The number of carbonyl (C=O) groups excluding carboxylic acids is 2. The molecule has 48 heavy (non-hydrogen) atoms. The van der Waals surface area contributed by atoms with E-state index in [-0.39, 0.29) is 60.8 Å². The van der Waals surface area contributed by atoms with E-state index in [0.717, 1.165) is 0 Å². The molecule has 2 aromatic heterocycles. The summed E-state index contributed by atoms with van der Waals surface area (Å²) in [7, 11) is 0.